The van der Waals surface area contributed by atoms with Crippen molar-refractivity contribution in [3.63, 3.8) is 0 Å². The first kappa shape index (κ1) is 15.9. The van der Waals surface area contributed by atoms with Crippen LogP contribution in [0, 0.1) is 0 Å². The molecule has 4 aromatic rings. The lowest BCUT2D eigenvalue weighted by atomic mass is 10.2. The van der Waals surface area contributed by atoms with E-state index in [1.165, 1.54) is 0 Å². The van der Waals surface area contributed by atoms with Crippen LogP contribution < -0.4 is 14.2 Å². The third-order valence-electron chi connectivity index (χ3n) is 4.17. The second-order valence-electron chi connectivity index (χ2n) is 6.02. The largest absolute Gasteiger partial charge is 0.454 e. The van der Waals surface area contributed by atoms with E-state index in [4.69, 9.17) is 19.2 Å². The van der Waals surface area contributed by atoms with Gasteiger partial charge in [0.05, 0.1) is 10.2 Å². The standard InChI is InChI=1S/C22H15NO3S/c1-2-6-16(7-3-1)26-20(22-23-17-8-4-5-9-21(17)27-22)13-15-10-11-18-19(12-15)25-14-24-18/h1-13H,14H2/b20-13+. The van der Waals surface area contributed by atoms with E-state index in [-0.39, 0.29) is 6.79 Å². The van der Waals surface area contributed by atoms with Gasteiger partial charge >= 0.3 is 0 Å². The number of hydrogen-bond acceptors (Lipinski definition) is 5. The average Bonchev–Trinajstić information content (AvgIpc) is 3.34. The summed E-state index contributed by atoms with van der Waals surface area (Å²) in [7, 11) is 0. The molecule has 5 heteroatoms. The molecule has 27 heavy (non-hydrogen) atoms. The lowest BCUT2D eigenvalue weighted by Crippen LogP contribution is -1.94. The van der Waals surface area contributed by atoms with E-state index in [1.54, 1.807) is 11.3 Å². The number of aromatic nitrogens is 1. The van der Waals surface area contributed by atoms with Crippen molar-refractivity contribution >= 4 is 33.4 Å². The Labute approximate surface area is 160 Å². The first-order valence-corrected chi connectivity index (χ1v) is 9.37. The van der Waals surface area contributed by atoms with Gasteiger partial charge in [0.1, 0.15) is 5.75 Å². The van der Waals surface area contributed by atoms with Crippen molar-refractivity contribution in [2.45, 2.75) is 0 Å². The minimum absolute atomic E-state index is 0.258. The summed E-state index contributed by atoms with van der Waals surface area (Å²) in [6.07, 6.45) is 1.98. The second kappa shape index (κ2) is 6.78. The molecular formula is C22H15NO3S. The molecule has 0 saturated carbocycles. The lowest BCUT2D eigenvalue weighted by Gasteiger charge is -2.08. The summed E-state index contributed by atoms with van der Waals surface area (Å²) >= 11 is 1.61. The highest BCUT2D eigenvalue weighted by Crippen LogP contribution is 2.35. The van der Waals surface area contributed by atoms with Gasteiger partial charge in [-0.15, -0.1) is 11.3 Å². The second-order valence-corrected chi connectivity index (χ2v) is 7.05. The van der Waals surface area contributed by atoms with Gasteiger partial charge in [-0.1, -0.05) is 36.4 Å². The Morgan fingerprint density at radius 1 is 0.926 bits per heavy atom. The predicted octanol–water partition coefficient (Wildman–Crippen LogP) is 5.60. The number of para-hydroxylation sites is 2. The van der Waals surface area contributed by atoms with Crippen LogP contribution in [0.1, 0.15) is 10.6 Å². The molecular weight excluding hydrogens is 358 g/mol. The Balaban J connectivity index is 1.59. The molecule has 4 nitrogen and oxygen atoms in total. The normalized spacial score (nSPS) is 13.1. The van der Waals surface area contributed by atoms with Gasteiger partial charge in [0.15, 0.2) is 22.3 Å². The maximum absolute atomic E-state index is 6.19. The van der Waals surface area contributed by atoms with E-state index >= 15 is 0 Å². The zero-order valence-corrected chi connectivity index (χ0v) is 15.1. The van der Waals surface area contributed by atoms with Gasteiger partial charge in [-0.05, 0) is 48.0 Å². The minimum Gasteiger partial charge on any atom is -0.454 e. The highest BCUT2D eigenvalue weighted by Gasteiger charge is 2.15. The highest BCUT2D eigenvalue weighted by atomic mass is 32.1. The summed E-state index contributed by atoms with van der Waals surface area (Å²) in [4.78, 5) is 4.75. The first-order valence-electron chi connectivity index (χ1n) is 8.55. The van der Waals surface area contributed by atoms with Crippen LogP contribution in [0.5, 0.6) is 17.2 Å². The zero-order valence-electron chi connectivity index (χ0n) is 14.3. The maximum Gasteiger partial charge on any atom is 0.231 e. The van der Waals surface area contributed by atoms with Crippen LogP contribution in [0.4, 0.5) is 0 Å². The number of rotatable bonds is 4. The molecule has 0 radical (unpaired) electrons. The Morgan fingerprint density at radius 3 is 2.63 bits per heavy atom. The monoisotopic (exact) mass is 373 g/mol. The van der Waals surface area contributed by atoms with Crippen molar-refractivity contribution in [3.05, 3.63) is 83.4 Å². The molecule has 0 bridgehead atoms. The molecule has 0 N–H and O–H groups in total. The molecule has 0 spiro atoms. The van der Waals surface area contributed by atoms with Gasteiger partial charge < -0.3 is 14.2 Å². The van der Waals surface area contributed by atoms with E-state index in [2.05, 4.69) is 6.07 Å². The number of thiazole rings is 1. The summed E-state index contributed by atoms with van der Waals surface area (Å²) in [6.45, 7) is 0.258. The van der Waals surface area contributed by atoms with Crippen LogP contribution >= 0.6 is 11.3 Å². The van der Waals surface area contributed by atoms with Gasteiger partial charge in [0, 0.05) is 0 Å². The zero-order chi connectivity index (χ0) is 18.1. The maximum atomic E-state index is 6.19. The number of ether oxygens (including phenoxy) is 3. The molecule has 0 amide bonds. The Morgan fingerprint density at radius 2 is 1.74 bits per heavy atom. The van der Waals surface area contributed by atoms with E-state index in [0.29, 0.717) is 5.76 Å². The summed E-state index contributed by atoms with van der Waals surface area (Å²) < 4.78 is 18.2. The van der Waals surface area contributed by atoms with Crippen molar-refractivity contribution in [1.29, 1.82) is 0 Å². The van der Waals surface area contributed by atoms with E-state index in [1.807, 2.05) is 72.8 Å². The quantitative estimate of drug-likeness (QED) is 0.437. The number of benzene rings is 3. The first-order chi connectivity index (χ1) is 13.3. The van der Waals surface area contributed by atoms with Crippen molar-refractivity contribution < 1.29 is 14.2 Å². The lowest BCUT2D eigenvalue weighted by molar-refractivity contribution is 0.174. The van der Waals surface area contributed by atoms with Gasteiger partial charge in [0.25, 0.3) is 0 Å². The van der Waals surface area contributed by atoms with Crippen LogP contribution in [0.3, 0.4) is 0 Å². The summed E-state index contributed by atoms with van der Waals surface area (Å²) in [5.74, 6) is 2.97. The predicted molar refractivity (Wildman–Crippen MR) is 107 cm³/mol. The fraction of sp³-hybridized carbons (Fsp3) is 0.0455. The fourth-order valence-corrected chi connectivity index (χ4v) is 3.80. The topological polar surface area (TPSA) is 40.6 Å². The molecule has 1 aromatic heterocycles. The molecule has 1 aliphatic rings. The van der Waals surface area contributed by atoms with Crippen LogP contribution in [-0.2, 0) is 0 Å². The molecule has 0 saturated heterocycles. The number of fused-ring (bicyclic) bond motifs is 2. The molecule has 0 aliphatic carbocycles. The molecule has 5 rings (SSSR count). The van der Waals surface area contributed by atoms with Crippen LogP contribution in [0.15, 0.2) is 72.8 Å². The Hall–Kier alpha value is -3.31. The van der Waals surface area contributed by atoms with E-state index in [0.717, 1.165) is 38.0 Å². The smallest absolute Gasteiger partial charge is 0.231 e. The van der Waals surface area contributed by atoms with Gasteiger partial charge in [-0.25, -0.2) is 4.98 Å². The highest BCUT2D eigenvalue weighted by molar-refractivity contribution is 7.19. The average molecular weight is 373 g/mol. The summed E-state index contributed by atoms with van der Waals surface area (Å²) in [5, 5.41) is 0.831. The van der Waals surface area contributed by atoms with Gasteiger partial charge in [-0.3, -0.25) is 0 Å². The van der Waals surface area contributed by atoms with Crippen molar-refractivity contribution in [3.8, 4) is 17.2 Å². The number of hydrogen-bond donors (Lipinski definition) is 0. The van der Waals surface area contributed by atoms with Gasteiger partial charge in [0.2, 0.25) is 6.79 Å². The Kier molecular flexibility index (Phi) is 3.99. The third kappa shape index (κ3) is 3.25. The van der Waals surface area contributed by atoms with Crippen molar-refractivity contribution in [2.75, 3.05) is 6.79 Å². The summed E-state index contributed by atoms with van der Waals surface area (Å²) in [6, 6.07) is 23.7. The van der Waals surface area contributed by atoms with Crippen LogP contribution in [0.25, 0.3) is 22.1 Å². The van der Waals surface area contributed by atoms with Crippen molar-refractivity contribution in [1.82, 2.24) is 4.98 Å². The van der Waals surface area contributed by atoms with Crippen LogP contribution in [0.2, 0.25) is 0 Å². The Bertz CT molecular complexity index is 1100. The molecule has 0 unspecified atom stereocenters. The third-order valence-corrected chi connectivity index (χ3v) is 5.22. The van der Waals surface area contributed by atoms with E-state index in [9.17, 15) is 0 Å². The molecule has 0 fully saturated rings. The van der Waals surface area contributed by atoms with Gasteiger partial charge in [-0.2, -0.15) is 0 Å². The number of nitrogens with zero attached hydrogens (tertiary/aromatic N) is 1. The SMILES string of the molecule is C(=C(\Oc1ccccc1)c1nc2ccccc2s1)/c1ccc2c(c1)OCO2. The fourth-order valence-electron chi connectivity index (χ4n) is 2.88. The molecule has 1 aliphatic heterocycles. The molecule has 132 valence electrons. The molecule has 3 aromatic carbocycles. The van der Waals surface area contributed by atoms with Crippen LogP contribution in [-0.4, -0.2) is 11.8 Å². The molecule has 0 atom stereocenters. The minimum atomic E-state index is 0.258. The van der Waals surface area contributed by atoms with E-state index < -0.39 is 0 Å². The van der Waals surface area contributed by atoms with Crippen molar-refractivity contribution in [2.24, 2.45) is 0 Å². The molecule has 2 heterocycles. The summed E-state index contributed by atoms with van der Waals surface area (Å²) in [5.41, 5.74) is 1.93.